The lowest BCUT2D eigenvalue weighted by molar-refractivity contribution is -0.118. The number of aryl methyl sites for hydroxylation is 2. The number of benzene rings is 2. The Morgan fingerprint density at radius 1 is 1.19 bits per heavy atom. The standard InChI is InChI=1S/C25H30N4O2S/c1-5-13-29-24(20(4)31-22-15-18(2)14-19(3)16-22)27-28-25(29)32-17-23(30)26-12-11-21-9-7-6-8-10-21/h5-10,14-16,20H,1,11-13,17H2,2-4H3,(H,26,30). The van der Waals surface area contributed by atoms with Gasteiger partial charge in [-0.2, -0.15) is 0 Å². The first-order valence-electron chi connectivity index (χ1n) is 10.7. The van der Waals surface area contributed by atoms with E-state index in [1.807, 2.05) is 55.7 Å². The van der Waals surface area contributed by atoms with Crippen LogP contribution in [0.2, 0.25) is 0 Å². The van der Waals surface area contributed by atoms with Crippen molar-refractivity contribution in [1.29, 1.82) is 0 Å². The number of allylic oxidation sites excluding steroid dienone is 1. The van der Waals surface area contributed by atoms with Crippen LogP contribution >= 0.6 is 11.8 Å². The lowest BCUT2D eigenvalue weighted by Crippen LogP contribution is -2.27. The van der Waals surface area contributed by atoms with Crippen molar-refractivity contribution in [3.05, 3.63) is 83.7 Å². The molecule has 2 aromatic carbocycles. The highest BCUT2D eigenvalue weighted by molar-refractivity contribution is 7.99. The van der Waals surface area contributed by atoms with E-state index >= 15 is 0 Å². The fourth-order valence-electron chi connectivity index (χ4n) is 3.44. The number of thioether (sulfide) groups is 1. The van der Waals surface area contributed by atoms with Crippen LogP contribution in [0.1, 0.15) is 35.5 Å². The molecule has 0 bridgehead atoms. The van der Waals surface area contributed by atoms with Crippen LogP contribution in [0.3, 0.4) is 0 Å². The zero-order valence-electron chi connectivity index (χ0n) is 18.9. The van der Waals surface area contributed by atoms with Crippen LogP contribution in [0.25, 0.3) is 0 Å². The number of aromatic nitrogens is 3. The van der Waals surface area contributed by atoms with Crippen LogP contribution in [0.5, 0.6) is 5.75 Å². The first-order chi connectivity index (χ1) is 15.5. The van der Waals surface area contributed by atoms with Crippen molar-refractivity contribution in [2.24, 2.45) is 0 Å². The van der Waals surface area contributed by atoms with Gasteiger partial charge < -0.3 is 10.1 Å². The number of rotatable bonds is 11. The van der Waals surface area contributed by atoms with Gasteiger partial charge in [-0.1, -0.05) is 54.2 Å². The lowest BCUT2D eigenvalue weighted by Gasteiger charge is -2.16. The minimum atomic E-state index is -0.294. The van der Waals surface area contributed by atoms with Crippen molar-refractivity contribution in [1.82, 2.24) is 20.1 Å². The first kappa shape index (κ1) is 23.6. The predicted octanol–water partition coefficient (Wildman–Crippen LogP) is 4.67. The van der Waals surface area contributed by atoms with Crippen molar-refractivity contribution < 1.29 is 9.53 Å². The second kappa shape index (κ2) is 11.5. The molecule has 0 spiro atoms. The number of amides is 1. The SMILES string of the molecule is C=CCn1c(SCC(=O)NCCc2ccccc2)nnc1C(C)Oc1cc(C)cc(C)c1. The van der Waals surface area contributed by atoms with E-state index in [1.165, 1.54) is 17.3 Å². The molecule has 0 saturated carbocycles. The number of carbonyl (C=O) groups is 1. The number of nitrogens with one attached hydrogen (secondary N) is 1. The van der Waals surface area contributed by atoms with Crippen LogP contribution in [0.15, 0.2) is 66.3 Å². The van der Waals surface area contributed by atoms with Crippen molar-refractivity contribution >= 4 is 17.7 Å². The Labute approximate surface area is 194 Å². The summed E-state index contributed by atoms with van der Waals surface area (Å²) in [4.78, 5) is 12.3. The molecule has 32 heavy (non-hydrogen) atoms. The Bertz CT molecular complexity index is 1030. The molecular weight excluding hydrogens is 420 g/mol. The van der Waals surface area contributed by atoms with E-state index in [0.717, 1.165) is 23.3 Å². The van der Waals surface area contributed by atoms with E-state index in [1.54, 1.807) is 6.08 Å². The molecule has 3 aromatic rings. The Hall–Kier alpha value is -3.06. The maximum absolute atomic E-state index is 12.3. The van der Waals surface area contributed by atoms with Crippen molar-refractivity contribution in [2.45, 2.75) is 45.0 Å². The molecule has 1 aromatic heterocycles. The average Bonchev–Trinajstić information content (AvgIpc) is 3.15. The molecule has 0 radical (unpaired) electrons. The molecule has 0 fully saturated rings. The highest BCUT2D eigenvalue weighted by Crippen LogP contribution is 2.26. The molecule has 0 aliphatic rings. The van der Waals surface area contributed by atoms with E-state index < -0.39 is 0 Å². The molecule has 0 aliphatic heterocycles. The van der Waals surface area contributed by atoms with E-state index in [0.29, 0.717) is 24.1 Å². The van der Waals surface area contributed by atoms with E-state index in [-0.39, 0.29) is 17.8 Å². The second-order valence-corrected chi connectivity index (χ2v) is 8.64. The Morgan fingerprint density at radius 2 is 1.91 bits per heavy atom. The van der Waals surface area contributed by atoms with Crippen LogP contribution in [-0.2, 0) is 17.8 Å². The van der Waals surface area contributed by atoms with Gasteiger partial charge in [0.15, 0.2) is 17.1 Å². The van der Waals surface area contributed by atoms with Gasteiger partial charge in [-0.05, 0) is 56.0 Å². The summed E-state index contributed by atoms with van der Waals surface area (Å²) in [6, 6.07) is 16.2. The molecular formula is C25H30N4O2S. The summed E-state index contributed by atoms with van der Waals surface area (Å²) in [5, 5.41) is 12.3. The number of ether oxygens (including phenoxy) is 1. The summed E-state index contributed by atoms with van der Waals surface area (Å²) in [5.74, 6) is 1.75. The first-order valence-corrected chi connectivity index (χ1v) is 11.7. The van der Waals surface area contributed by atoms with E-state index in [4.69, 9.17) is 4.74 Å². The zero-order chi connectivity index (χ0) is 22.9. The van der Waals surface area contributed by atoms with Crippen molar-refractivity contribution in [2.75, 3.05) is 12.3 Å². The van der Waals surface area contributed by atoms with Gasteiger partial charge in [-0.3, -0.25) is 9.36 Å². The van der Waals surface area contributed by atoms with Gasteiger partial charge in [0.05, 0.1) is 5.75 Å². The molecule has 0 saturated heterocycles. The fourth-order valence-corrected chi connectivity index (χ4v) is 4.22. The molecule has 1 heterocycles. The van der Waals surface area contributed by atoms with E-state index in [2.05, 4.69) is 40.3 Å². The summed E-state index contributed by atoms with van der Waals surface area (Å²) in [5.41, 5.74) is 3.50. The van der Waals surface area contributed by atoms with Gasteiger partial charge in [-0.25, -0.2) is 0 Å². The maximum Gasteiger partial charge on any atom is 0.230 e. The Balaban J connectivity index is 1.58. The summed E-state index contributed by atoms with van der Waals surface area (Å²) >= 11 is 1.36. The summed E-state index contributed by atoms with van der Waals surface area (Å²) < 4.78 is 8.08. The number of hydrogen-bond donors (Lipinski definition) is 1. The predicted molar refractivity (Wildman–Crippen MR) is 129 cm³/mol. The molecule has 168 valence electrons. The second-order valence-electron chi connectivity index (χ2n) is 7.70. The average molecular weight is 451 g/mol. The zero-order valence-corrected chi connectivity index (χ0v) is 19.7. The van der Waals surface area contributed by atoms with Crippen LogP contribution < -0.4 is 10.1 Å². The van der Waals surface area contributed by atoms with Gasteiger partial charge in [0.2, 0.25) is 5.91 Å². The third-order valence-corrected chi connectivity index (χ3v) is 5.81. The van der Waals surface area contributed by atoms with Crippen LogP contribution in [0.4, 0.5) is 0 Å². The van der Waals surface area contributed by atoms with Gasteiger partial charge in [-0.15, -0.1) is 16.8 Å². The number of nitrogens with zero attached hydrogens (tertiary/aromatic N) is 3. The Morgan fingerprint density at radius 3 is 2.59 bits per heavy atom. The summed E-state index contributed by atoms with van der Waals surface area (Å²) in [6.45, 7) is 11.0. The molecule has 1 unspecified atom stereocenters. The largest absolute Gasteiger partial charge is 0.483 e. The molecule has 1 atom stereocenters. The monoisotopic (exact) mass is 450 g/mol. The normalized spacial score (nSPS) is 11.7. The van der Waals surface area contributed by atoms with Crippen LogP contribution in [0, 0.1) is 13.8 Å². The smallest absolute Gasteiger partial charge is 0.230 e. The number of hydrogen-bond acceptors (Lipinski definition) is 5. The van der Waals surface area contributed by atoms with Gasteiger partial charge >= 0.3 is 0 Å². The van der Waals surface area contributed by atoms with Crippen molar-refractivity contribution in [3.63, 3.8) is 0 Å². The fraction of sp³-hybridized carbons (Fsp3) is 0.320. The molecule has 1 amide bonds. The minimum Gasteiger partial charge on any atom is -0.483 e. The molecule has 1 N–H and O–H groups in total. The van der Waals surface area contributed by atoms with Crippen molar-refractivity contribution in [3.8, 4) is 5.75 Å². The summed E-state index contributed by atoms with van der Waals surface area (Å²) in [7, 11) is 0. The van der Waals surface area contributed by atoms with Gasteiger partial charge in [0.1, 0.15) is 5.75 Å². The quantitative estimate of drug-likeness (QED) is 0.340. The third kappa shape index (κ3) is 6.72. The third-order valence-electron chi connectivity index (χ3n) is 4.84. The number of carbonyl (C=O) groups excluding carboxylic acids is 1. The molecule has 3 rings (SSSR count). The van der Waals surface area contributed by atoms with Gasteiger partial charge in [0, 0.05) is 13.1 Å². The van der Waals surface area contributed by atoms with Gasteiger partial charge in [0.25, 0.3) is 0 Å². The highest BCUT2D eigenvalue weighted by atomic mass is 32.2. The molecule has 7 heteroatoms. The maximum atomic E-state index is 12.3. The topological polar surface area (TPSA) is 69.0 Å². The highest BCUT2D eigenvalue weighted by Gasteiger charge is 2.20. The van der Waals surface area contributed by atoms with E-state index in [9.17, 15) is 4.79 Å². The molecule has 6 nitrogen and oxygen atoms in total. The molecule has 0 aliphatic carbocycles. The lowest BCUT2D eigenvalue weighted by atomic mass is 10.1. The Kier molecular flexibility index (Phi) is 8.50. The van der Waals surface area contributed by atoms with Crippen LogP contribution in [-0.4, -0.2) is 33.0 Å². The summed E-state index contributed by atoms with van der Waals surface area (Å²) in [6.07, 6.45) is 2.31. The minimum absolute atomic E-state index is 0.0276.